The monoisotopic (exact) mass is 174 g/mol. The van der Waals surface area contributed by atoms with E-state index in [4.69, 9.17) is 0 Å². The maximum atomic E-state index is 4.53. The van der Waals surface area contributed by atoms with Crippen molar-refractivity contribution >= 4 is 0 Å². The van der Waals surface area contributed by atoms with E-state index in [9.17, 15) is 0 Å². The van der Waals surface area contributed by atoms with Crippen LogP contribution < -0.4 is 5.32 Å². The number of aromatic nitrogens is 1. The molecule has 2 aliphatic rings. The van der Waals surface area contributed by atoms with Crippen LogP contribution in [-0.2, 0) is 13.0 Å². The van der Waals surface area contributed by atoms with Gasteiger partial charge in [0.2, 0.25) is 0 Å². The van der Waals surface area contributed by atoms with Crippen molar-refractivity contribution in [3.8, 4) is 0 Å². The fraction of sp³-hybridized carbons (Fsp3) is 0.545. The third-order valence-electron chi connectivity index (χ3n) is 3.31. The molecule has 1 atom stereocenters. The number of rotatable bonds is 0. The van der Waals surface area contributed by atoms with Crippen LogP contribution in [0.4, 0.5) is 0 Å². The Balaban J connectivity index is 2.25. The Morgan fingerprint density at radius 2 is 2.46 bits per heavy atom. The molecule has 0 saturated heterocycles. The van der Waals surface area contributed by atoms with Gasteiger partial charge in [-0.05, 0) is 42.9 Å². The first-order chi connectivity index (χ1) is 6.36. The van der Waals surface area contributed by atoms with Crippen molar-refractivity contribution in [2.45, 2.75) is 38.8 Å². The third kappa shape index (κ3) is 0.953. The smallest absolute Gasteiger partial charge is 0.0454 e. The second-order valence-electron chi connectivity index (χ2n) is 4.11. The third-order valence-corrected chi connectivity index (χ3v) is 3.31. The highest BCUT2D eigenvalue weighted by atomic mass is 15.0. The SMILES string of the molecule is Cc1cnc2c3c1CN[C@@H]3CCC2. The van der Waals surface area contributed by atoms with E-state index in [1.54, 1.807) is 0 Å². The van der Waals surface area contributed by atoms with Crippen molar-refractivity contribution in [3.63, 3.8) is 0 Å². The summed E-state index contributed by atoms with van der Waals surface area (Å²) in [5, 5.41) is 3.56. The Labute approximate surface area is 78.4 Å². The lowest BCUT2D eigenvalue weighted by Crippen LogP contribution is -2.17. The summed E-state index contributed by atoms with van der Waals surface area (Å²) in [6.45, 7) is 3.22. The Hall–Kier alpha value is -0.890. The summed E-state index contributed by atoms with van der Waals surface area (Å²) in [6, 6.07) is 0.617. The van der Waals surface area contributed by atoms with Gasteiger partial charge in [0.1, 0.15) is 0 Å². The van der Waals surface area contributed by atoms with Gasteiger partial charge in [0, 0.05) is 24.5 Å². The van der Waals surface area contributed by atoms with E-state index in [-0.39, 0.29) is 0 Å². The van der Waals surface area contributed by atoms with Gasteiger partial charge in [0.05, 0.1) is 0 Å². The van der Waals surface area contributed by atoms with E-state index in [2.05, 4.69) is 17.2 Å². The molecule has 1 aromatic rings. The Morgan fingerprint density at radius 3 is 3.38 bits per heavy atom. The molecule has 0 radical (unpaired) electrons. The molecule has 0 amide bonds. The molecular formula is C11H14N2. The molecule has 1 aliphatic heterocycles. The van der Waals surface area contributed by atoms with Crippen LogP contribution in [0.1, 0.15) is 41.3 Å². The van der Waals surface area contributed by atoms with Gasteiger partial charge in [-0.3, -0.25) is 4.98 Å². The minimum atomic E-state index is 0.617. The van der Waals surface area contributed by atoms with Crippen molar-refractivity contribution < 1.29 is 0 Å². The first-order valence-corrected chi connectivity index (χ1v) is 5.07. The second kappa shape index (κ2) is 2.55. The predicted octanol–water partition coefficient (Wildman–Crippen LogP) is 1.87. The number of nitrogens with one attached hydrogen (secondary N) is 1. The zero-order chi connectivity index (χ0) is 8.84. The molecular weight excluding hydrogens is 160 g/mol. The Bertz CT molecular complexity index is 357. The first-order valence-electron chi connectivity index (χ1n) is 5.07. The molecule has 68 valence electrons. The van der Waals surface area contributed by atoms with E-state index < -0.39 is 0 Å². The van der Waals surface area contributed by atoms with Crippen LogP contribution in [0.3, 0.4) is 0 Å². The molecule has 0 unspecified atom stereocenters. The zero-order valence-electron chi connectivity index (χ0n) is 7.93. The van der Waals surface area contributed by atoms with Crippen molar-refractivity contribution in [2.24, 2.45) is 0 Å². The minimum Gasteiger partial charge on any atom is -0.306 e. The van der Waals surface area contributed by atoms with E-state index in [0.29, 0.717) is 6.04 Å². The van der Waals surface area contributed by atoms with Gasteiger partial charge in [-0.2, -0.15) is 0 Å². The van der Waals surface area contributed by atoms with Crippen LogP contribution in [0.2, 0.25) is 0 Å². The van der Waals surface area contributed by atoms with Gasteiger partial charge in [0.15, 0.2) is 0 Å². The molecule has 0 spiro atoms. The molecule has 3 rings (SSSR count). The van der Waals surface area contributed by atoms with E-state index in [0.717, 1.165) is 6.54 Å². The lowest BCUT2D eigenvalue weighted by Gasteiger charge is -2.20. The fourth-order valence-electron chi connectivity index (χ4n) is 2.60. The zero-order valence-corrected chi connectivity index (χ0v) is 7.93. The highest BCUT2D eigenvalue weighted by Crippen LogP contribution is 2.36. The summed E-state index contributed by atoms with van der Waals surface area (Å²) in [6.07, 6.45) is 5.80. The van der Waals surface area contributed by atoms with Crippen LogP contribution in [0.5, 0.6) is 0 Å². The van der Waals surface area contributed by atoms with Gasteiger partial charge < -0.3 is 5.32 Å². The molecule has 0 fully saturated rings. The molecule has 1 aliphatic carbocycles. The van der Waals surface area contributed by atoms with Crippen LogP contribution in [-0.4, -0.2) is 4.98 Å². The summed E-state index contributed by atoms with van der Waals surface area (Å²) >= 11 is 0. The van der Waals surface area contributed by atoms with Crippen molar-refractivity contribution in [2.75, 3.05) is 0 Å². The topological polar surface area (TPSA) is 24.9 Å². The van der Waals surface area contributed by atoms with Crippen LogP contribution in [0.15, 0.2) is 6.20 Å². The maximum absolute atomic E-state index is 4.53. The molecule has 0 saturated carbocycles. The van der Waals surface area contributed by atoms with Gasteiger partial charge >= 0.3 is 0 Å². The van der Waals surface area contributed by atoms with Crippen LogP contribution in [0, 0.1) is 6.92 Å². The summed E-state index contributed by atoms with van der Waals surface area (Å²) in [5.74, 6) is 0. The maximum Gasteiger partial charge on any atom is 0.0454 e. The van der Waals surface area contributed by atoms with Gasteiger partial charge in [0.25, 0.3) is 0 Å². The number of hydrogen-bond donors (Lipinski definition) is 1. The van der Waals surface area contributed by atoms with E-state index >= 15 is 0 Å². The molecule has 13 heavy (non-hydrogen) atoms. The van der Waals surface area contributed by atoms with Gasteiger partial charge in [-0.1, -0.05) is 0 Å². The van der Waals surface area contributed by atoms with Crippen LogP contribution >= 0.6 is 0 Å². The molecule has 2 heteroatoms. The average molecular weight is 174 g/mol. The normalized spacial score (nSPS) is 24.5. The summed E-state index contributed by atoms with van der Waals surface area (Å²) in [4.78, 5) is 4.53. The fourth-order valence-corrected chi connectivity index (χ4v) is 2.60. The van der Waals surface area contributed by atoms with Crippen molar-refractivity contribution in [1.82, 2.24) is 10.3 Å². The molecule has 1 aromatic heterocycles. The molecule has 2 heterocycles. The minimum absolute atomic E-state index is 0.617. The van der Waals surface area contributed by atoms with E-state index in [1.807, 2.05) is 6.20 Å². The van der Waals surface area contributed by atoms with Crippen molar-refractivity contribution in [3.05, 3.63) is 28.6 Å². The standard InChI is InChI=1S/C11H14N2/c1-7-5-12-9-3-2-4-10-11(9)8(7)6-13-10/h5,10,13H,2-4,6H2,1H3/t10-/m1/s1. The molecule has 0 aromatic carbocycles. The largest absolute Gasteiger partial charge is 0.306 e. The van der Waals surface area contributed by atoms with E-state index in [1.165, 1.54) is 41.6 Å². The quantitative estimate of drug-likeness (QED) is 0.649. The molecule has 0 bridgehead atoms. The van der Waals surface area contributed by atoms with Gasteiger partial charge in [-0.15, -0.1) is 0 Å². The number of aryl methyl sites for hydroxylation is 2. The second-order valence-corrected chi connectivity index (χ2v) is 4.11. The Morgan fingerprint density at radius 1 is 1.54 bits per heavy atom. The van der Waals surface area contributed by atoms with Crippen LogP contribution in [0.25, 0.3) is 0 Å². The number of pyridine rings is 1. The van der Waals surface area contributed by atoms with Gasteiger partial charge in [-0.25, -0.2) is 0 Å². The number of hydrogen-bond acceptors (Lipinski definition) is 2. The highest BCUT2D eigenvalue weighted by molar-refractivity contribution is 5.42. The summed E-state index contributed by atoms with van der Waals surface area (Å²) in [7, 11) is 0. The highest BCUT2D eigenvalue weighted by Gasteiger charge is 2.29. The first kappa shape index (κ1) is 7.51. The molecule has 1 N–H and O–H groups in total. The average Bonchev–Trinajstić information content (AvgIpc) is 2.57. The lowest BCUT2D eigenvalue weighted by molar-refractivity contribution is 0.493. The Kier molecular flexibility index (Phi) is 1.47. The predicted molar refractivity (Wildman–Crippen MR) is 51.5 cm³/mol. The summed E-state index contributed by atoms with van der Waals surface area (Å²) in [5.41, 5.74) is 5.76. The number of nitrogens with zero attached hydrogens (tertiary/aromatic N) is 1. The molecule has 2 nitrogen and oxygen atoms in total. The van der Waals surface area contributed by atoms with Crippen molar-refractivity contribution in [1.29, 1.82) is 0 Å². The summed E-state index contributed by atoms with van der Waals surface area (Å²) < 4.78 is 0. The lowest BCUT2D eigenvalue weighted by atomic mass is 9.90.